The van der Waals surface area contributed by atoms with Crippen molar-refractivity contribution in [1.82, 2.24) is 9.80 Å². The maximum absolute atomic E-state index is 13.0. The third-order valence-corrected chi connectivity index (χ3v) is 7.65. The van der Waals surface area contributed by atoms with Crippen molar-refractivity contribution >= 4 is 28.8 Å². The molecule has 0 unspecified atom stereocenters. The van der Waals surface area contributed by atoms with Gasteiger partial charge in [0.1, 0.15) is 0 Å². The van der Waals surface area contributed by atoms with Crippen molar-refractivity contribution < 1.29 is 4.79 Å². The Morgan fingerprint density at radius 2 is 1.77 bits per heavy atom. The van der Waals surface area contributed by atoms with Crippen molar-refractivity contribution in [1.29, 1.82) is 0 Å². The normalized spacial score (nSPS) is 17.7. The summed E-state index contributed by atoms with van der Waals surface area (Å²) in [6, 6.07) is 18.6. The van der Waals surface area contributed by atoms with Crippen molar-refractivity contribution in [3.63, 3.8) is 0 Å². The number of carbonyl (C=O) groups excluding carboxylic acids is 1. The van der Waals surface area contributed by atoms with Gasteiger partial charge in [-0.1, -0.05) is 35.9 Å². The summed E-state index contributed by atoms with van der Waals surface area (Å²) < 4.78 is 0. The zero-order chi connectivity index (χ0) is 20.5. The van der Waals surface area contributed by atoms with Crippen LogP contribution in [0.15, 0.2) is 60.0 Å². The molecule has 0 atom stereocenters. The number of nitrogens with zero attached hydrogens (tertiary/aromatic N) is 2. The van der Waals surface area contributed by atoms with Gasteiger partial charge >= 0.3 is 0 Å². The summed E-state index contributed by atoms with van der Waals surface area (Å²) in [5, 5.41) is 2.94. The molecule has 2 aliphatic heterocycles. The topological polar surface area (TPSA) is 23.6 Å². The van der Waals surface area contributed by atoms with E-state index in [1.165, 1.54) is 12.0 Å². The van der Waals surface area contributed by atoms with E-state index >= 15 is 0 Å². The number of thiophene rings is 1. The van der Waals surface area contributed by atoms with Gasteiger partial charge in [-0.05, 0) is 71.7 Å². The molecular weight excluding hydrogens is 412 g/mol. The predicted molar refractivity (Wildman–Crippen MR) is 124 cm³/mol. The van der Waals surface area contributed by atoms with Crippen LogP contribution in [0.5, 0.6) is 0 Å². The minimum Gasteiger partial charge on any atom is -0.339 e. The van der Waals surface area contributed by atoms with Gasteiger partial charge in [-0.15, -0.1) is 11.3 Å². The Hall–Kier alpha value is -2.14. The lowest BCUT2D eigenvalue weighted by atomic mass is 9.98. The average molecular weight is 437 g/mol. The van der Waals surface area contributed by atoms with Crippen molar-refractivity contribution in [2.45, 2.75) is 31.8 Å². The molecule has 1 saturated heterocycles. The van der Waals surface area contributed by atoms with Crippen molar-refractivity contribution in [3.05, 3.63) is 81.0 Å². The predicted octanol–water partition coefficient (Wildman–Crippen LogP) is 5.73. The molecule has 3 nitrogen and oxygen atoms in total. The summed E-state index contributed by atoms with van der Waals surface area (Å²) in [6.07, 6.45) is 3.29. The van der Waals surface area contributed by atoms with E-state index in [1.54, 1.807) is 4.88 Å². The number of amides is 1. The standard InChI is InChI=1S/C25H25ClN2OS/c26-22-3-1-2-20(16-22)18-4-6-19(7-5-18)25(29)27-12-8-23(9-13-27)28-14-10-24-21(17-28)11-15-30-24/h1-7,11,15-16,23H,8-10,12-14,17H2. The molecule has 0 spiro atoms. The number of hydrogen-bond acceptors (Lipinski definition) is 3. The minimum absolute atomic E-state index is 0.143. The van der Waals surface area contributed by atoms with E-state index in [0.29, 0.717) is 6.04 Å². The monoisotopic (exact) mass is 436 g/mol. The number of hydrogen-bond donors (Lipinski definition) is 0. The Kier molecular flexibility index (Phi) is 5.64. The molecule has 1 aromatic heterocycles. The van der Waals surface area contributed by atoms with Crippen LogP contribution in [-0.4, -0.2) is 41.4 Å². The van der Waals surface area contributed by atoms with E-state index in [4.69, 9.17) is 11.6 Å². The highest BCUT2D eigenvalue weighted by Gasteiger charge is 2.29. The number of halogens is 1. The molecular formula is C25H25ClN2OS. The molecule has 1 amide bonds. The zero-order valence-corrected chi connectivity index (χ0v) is 18.5. The number of benzene rings is 2. The molecule has 2 aliphatic rings. The second-order valence-electron chi connectivity index (χ2n) is 8.20. The van der Waals surface area contributed by atoms with Crippen LogP contribution in [0.25, 0.3) is 11.1 Å². The van der Waals surface area contributed by atoms with E-state index < -0.39 is 0 Å². The second kappa shape index (κ2) is 8.54. The van der Waals surface area contributed by atoms with Crippen LogP contribution >= 0.6 is 22.9 Å². The highest BCUT2D eigenvalue weighted by molar-refractivity contribution is 7.10. The van der Waals surface area contributed by atoms with E-state index in [0.717, 1.165) is 60.7 Å². The second-order valence-corrected chi connectivity index (χ2v) is 9.64. The first-order chi connectivity index (χ1) is 14.7. The number of carbonyl (C=O) groups is 1. The zero-order valence-electron chi connectivity index (χ0n) is 16.9. The van der Waals surface area contributed by atoms with E-state index in [-0.39, 0.29) is 5.91 Å². The summed E-state index contributed by atoms with van der Waals surface area (Å²) in [7, 11) is 0. The molecule has 0 bridgehead atoms. The summed E-state index contributed by atoms with van der Waals surface area (Å²) >= 11 is 7.99. The Morgan fingerprint density at radius 1 is 0.967 bits per heavy atom. The number of likely N-dealkylation sites (tertiary alicyclic amines) is 1. The third kappa shape index (κ3) is 4.04. The fourth-order valence-electron chi connectivity index (χ4n) is 4.67. The maximum Gasteiger partial charge on any atom is 0.253 e. The van der Waals surface area contributed by atoms with Crippen LogP contribution < -0.4 is 0 Å². The van der Waals surface area contributed by atoms with Gasteiger partial charge < -0.3 is 4.90 Å². The SMILES string of the molecule is O=C(c1ccc(-c2cccc(Cl)c2)cc1)N1CCC(N2CCc3sccc3C2)CC1. The molecule has 3 heterocycles. The van der Waals surface area contributed by atoms with Crippen molar-refractivity contribution in [3.8, 4) is 11.1 Å². The lowest BCUT2D eigenvalue weighted by Gasteiger charge is -2.40. The van der Waals surface area contributed by atoms with Crippen LogP contribution in [0.3, 0.4) is 0 Å². The lowest BCUT2D eigenvalue weighted by molar-refractivity contribution is 0.0600. The van der Waals surface area contributed by atoms with Crippen LogP contribution in [-0.2, 0) is 13.0 Å². The molecule has 0 saturated carbocycles. The largest absolute Gasteiger partial charge is 0.339 e. The molecule has 0 aliphatic carbocycles. The van der Waals surface area contributed by atoms with Crippen LogP contribution in [0.1, 0.15) is 33.6 Å². The lowest BCUT2D eigenvalue weighted by Crippen LogP contribution is -2.47. The summed E-state index contributed by atoms with van der Waals surface area (Å²) in [5.74, 6) is 0.143. The molecule has 154 valence electrons. The molecule has 0 N–H and O–H groups in total. The van der Waals surface area contributed by atoms with Crippen LogP contribution in [0.4, 0.5) is 0 Å². The fourth-order valence-corrected chi connectivity index (χ4v) is 5.75. The minimum atomic E-state index is 0.143. The first-order valence-electron chi connectivity index (χ1n) is 10.6. The summed E-state index contributed by atoms with van der Waals surface area (Å²) in [6.45, 7) is 3.90. The average Bonchev–Trinajstić information content (AvgIpc) is 3.27. The van der Waals surface area contributed by atoms with Gasteiger partial charge in [0.15, 0.2) is 0 Å². The Morgan fingerprint density at radius 3 is 2.53 bits per heavy atom. The fraction of sp³-hybridized carbons (Fsp3) is 0.320. The van der Waals surface area contributed by atoms with E-state index in [9.17, 15) is 4.79 Å². The van der Waals surface area contributed by atoms with Gasteiger partial charge in [0.25, 0.3) is 5.91 Å². The Balaban J connectivity index is 1.20. The molecule has 2 aromatic carbocycles. The number of rotatable bonds is 3. The maximum atomic E-state index is 13.0. The molecule has 1 fully saturated rings. The first kappa shape index (κ1) is 19.8. The molecule has 5 rings (SSSR count). The van der Waals surface area contributed by atoms with Gasteiger partial charge in [0, 0.05) is 47.7 Å². The third-order valence-electron chi connectivity index (χ3n) is 6.40. The summed E-state index contributed by atoms with van der Waals surface area (Å²) in [5.41, 5.74) is 4.41. The van der Waals surface area contributed by atoms with Crippen molar-refractivity contribution in [2.24, 2.45) is 0 Å². The van der Waals surface area contributed by atoms with Gasteiger partial charge in [0.2, 0.25) is 0 Å². The first-order valence-corrected chi connectivity index (χ1v) is 11.9. The molecule has 5 heteroatoms. The van der Waals surface area contributed by atoms with Gasteiger partial charge in [-0.25, -0.2) is 0 Å². The molecule has 3 aromatic rings. The number of fused-ring (bicyclic) bond motifs is 1. The number of piperidine rings is 1. The smallest absolute Gasteiger partial charge is 0.253 e. The Labute approximate surface area is 186 Å². The van der Waals surface area contributed by atoms with Crippen LogP contribution in [0, 0.1) is 0 Å². The summed E-state index contributed by atoms with van der Waals surface area (Å²) in [4.78, 5) is 19.2. The van der Waals surface area contributed by atoms with Gasteiger partial charge in [-0.2, -0.15) is 0 Å². The molecule has 30 heavy (non-hydrogen) atoms. The quantitative estimate of drug-likeness (QED) is 0.523. The van der Waals surface area contributed by atoms with Crippen molar-refractivity contribution in [2.75, 3.05) is 19.6 Å². The van der Waals surface area contributed by atoms with Gasteiger partial charge in [0.05, 0.1) is 0 Å². The highest BCUT2D eigenvalue weighted by Crippen LogP contribution is 2.29. The highest BCUT2D eigenvalue weighted by atomic mass is 35.5. The van der Waals surface area contributed by atoms with Gasteiger partial charge in [-0.3, -0.25) is 9.69 Å². The van der Waals surface area contributed by atoms with E-state index in [1.807, 2.05) is 64.8 Å². The van der Waals surface area contributed by atoms with Crippen LogP contribution in [0.2, 0.25) is 5.02 Å². The van der Waals surface area contributed by atoms with E-state index in [2.05, 4.69) is 16.3 Å². The molecule has 0 radical (unpaired) electrons. The Bertz CT molecular complexity index is 1040.